The maximum absolute atomic E-state index is 16.7. The second-order valence-corrected chi connectivity index (χ2v) is 11.8. The predicted octanol–water partition coefficient (Wildman–Crippen LogP) is 4.25. The summed E-state index contributed by atoms with van der Waals surface area (Å²) in [6.07, 6.45) is 10.1. The topological polar surface area (TPSA) is 88.1 Å². The van der Waals surface area contributed by atoms with E-state index in [2.05, 4.69) is 24.0 Å². The highest BCUT2D eigenvalue weighted by molar-refractivity contribution is 5.54. The first-order chi connectivity index (χ1) is 16.3. The number of alkyl halides is 1. The van der Waals surface area contributed by atoms with Gasteiger partial charge in [0.2, 0.25) is 0 Å². The summed E-state index contributed by atoms with van der Waals surface area (Å²) in [4.78, 5) is 12.1. The molecular formula is C27H36FN3O3. The molecule has 4 aliphatic rings. The number of allylic oxidation sites excluding steroid dienone is 1. The Morgan fingerprint density at radius 3 is 2.79 bits per heavy atom. The van der Waals surface area contributed by atoms with Crippen molar-refractivity contribution < 1.29 is 19.0 Å². The van der Waals surface area contributed by atoms with E-state index >= 15 is 4.39 Å². The summed E-state index contributed by atoms with van der Waals surface area (Å²) in [7, 11) is 1.60. The fourth-order valence-electron chi connectivity index (χ4n) is 8.74. The Balaban J connectivity index is 1.34. The number of ether oxygens (including phenoxy) is 1. The molecule has 0 unspecified atom stereocenters. The maximum Gasteiger partial charge on any atom is 0.125 e. The molecule has 1 N–H and O–H groups in total. The zero-order valence-corrected chi connectivity index (χ0v) is 20.3. The standard InChI is InChI=1S/C27H36FN3O3/c1-25-8-7-24-21(4-3-20-11-26(33,17-34-2)9-10-27(20,24)28)23(25)6-5-22(25)19(16-32)15-31-14-18(12-29)13-30-31/h13-14,20-24,33H,3-11,15,17H2,1-2H3/t20-,21+,22-,23+,24+,25-,26-,27-/m1/s1. The van der Waals surface area contributed by atoms with Crippen LogP contribution in [0.4, 0.5) is 4.39 Å². The molecule has 0 saturated heterocycles. The summed E-state index contributed by atoms with van der Waals surface area (Å²) in [5, 5.41) is 24.2. The van der Waals surface area contributed by atoms with E-state index in [9.17, 15) is 9.90 Å². The van der Waals surface area contributed by atoms with Crippen LogP contribution < -0.4 is 0 Å². The lowest BCUT2D eigenvalue weighted by Crippen LogP contribution is -2.59. The Kier molecular flexibility index (Phi) is 5.99. The molecule has 34 heavy (non-hydrogen) atoms. The number of hydrogen-bond donors (Lipinski definition) is 1. The van der Waals surface area contributed by atoms with Gasteiger partial charge in [-0.2, -0.15) is 10.4 Å². The third kappa shape index (κ3) is 3.66. The van der Waals surface area contributed by atoms with Crippen molar-refractivity contribution in [1.82, 2.24) is 9.78 Å². The van der Waals surface area contributed by atoms with Gasteiger partial charge in [-0.25, -0.2) is 9.18 Å². The fourth-order valence-corrected chi connectivity index (χ4v) is 8.74. The normalized spacial score (nSPS) is 43.2. The smallest absolute Gasteiger partial charge is 0.125 e. The lowest BCUT2D eigenvalue weighted by molar-refractivity contribution is -0.176. The van der Waals surface area contributed by atoms with Crippen LogP contribution in [0.1, 0.15) is 70.3 Å². The van der Waals surface area contributed by atoms with Gasteiger partial charge in [0.05, 0.1) is 30.5 Å². The molecule has 0 aromatic carbocycles. The van der Waals surface area contributed by atoms with Crippen LogP contribution in [0, 0.1) is 46.3 Å². The number of aromatic nitrogens is 2. The van der Waals surface area contributed by atoms with Crippen LogP contribution in [-0.2, 0) is 16.1 Å². The molecule has 1 aromatic heterocycles. The minimum absolute atomic E-state index is 0.0340. The highest BCUT2D eigenvalue weighted by Crippen LogP contribution is 2.67. The van der Waals surface area contributed by atoms with Crippen molar-refractivity contribution in [2.24, 2.45) is 35.0 Å². The van der Waals surface area contributed by atoms with Crippen molar-refractivity contribution in [3.63, 3.8) is 0 Å². The van der Waals surface area contributed by atoms with Gasteiger partial charge in [0, 0.05) is 18.9 Å². The Morgan fingerprint density at radius 2 is 2.09 bits per heavy atom. The third-order valence-corrected chi connectivity index (χ3v) is 10.2. The van der Waals surface area contributed by atoms with E-state index in [4.69, 9.17) is 10.00 Å². The van der Waals surface area contributed by atoms with Crippen LogP contribution >= 0.6 is 0 Å². The van der Waals surface area contributed by atoms with E-state index in [0.29, 0.717) is 43.2 Å². The number of hydrogen-bond acceptors (Lipinski definition) is 5. The van der Waals surface area contributed by atoms with Crippen LogP contribution in [0.15, 0.2) is 18.0 Å². The first kappa shape index (κ1) is 23.7. The molecule has 7 heteroatoms. The predicted molar refractivity (Wildman–Crippen MR) is 124 cm³/mol. The van der Waals surface area contributed by atoms with Crippen LogP contribution in [0.3, 0.4) is 0 Å². The van der Waals surface area contributed by atoms with Crippen molar-refractivity contribution in [1.29, 1.82) is 5.26 Å². The number of aliphatic hydroxyl groups is 1. The minimum Gasteiger partial charge on any atom is -0.387 e. The van der Waals surface area contributed by atoms with Crippen LogP contribution in [0.25, 0.3) is 0 Å². The molecule has 0 aliphatic heterocycles. The van der Waals surface area contributed by atoms with Crippen molar-refractivity contribution in [3.8, 4) is 6.07 Å². The van der Waals surface area contributed by atoms with Crippen molar-refractivity contribution in [3.05, 3.63) is 23.5 Å². The van der Waals surface area contributed by atoms with Gasteiger partial charge in [-0.1, -0.05) is 6.92 Å². The molecule has 4 saturated carbocycles. The van der Waals surface area contributed by atoms with Gasteiger partial charge in [0.25, 0.3) is 0 Å². The van der Waals surface area contributed by atoms with Gasteiger partial charge >= 0.3 is 0 Å². The van der Waals surface area contributed by atoms with Crippen LogP contribution in [0.2, 0.25) is 0 Å². The number of nitrogens with zero attached hydrogens (tertiary/aromatic N) is 3. The van der Waals surface area contributed by atoms with Gasteiger partial charge in [-0.15, -0.1) is 0 Å². The second kappa shape index (κ2) is 8.59. The average molecular weight is 470 g/mol. The lowest BCUT2D eigenvalue weighted by Gasteiger charge is -2.59. The summed E-state index contributed by atoms with van der Waals surface area (Å²) in [5.41, 5.74) is -0.925. The summed E-state index contributed by atoms with van der Waals surface area (Å²) >= 11 is 0. The van der Waals surface area contributed by atoms with Crippen molar-refractivity contribution in [2.45, 2.75) is 82.5 Å². The molecule has 0 amide bonds. The Labute approximate surface area is 201 Å². The molecule has 0 spiro atoms. The lowest BCUT2D eigenvalue weighted by atomic mass is 9.47. The number of fused-ring (bicyclic) bond motifs is 5. The molecule has 6 nitrogen and oxygen atoms in total. The molecule has 5 rings (SSSR count). The molecule has 0 bridgehead atoms. The van der Waals surface area contributed by atoms with Gasteiger partial charge in [-0.05, 0) is 92.8 Å². The summed E-state index contributed by atoms with van der Waals surface area (Å²) < 4.78 is 23.6. The molecule has 4 aliphatic carbocycles. The van der Waals surface area contributed by atoms with Crippen LogP contribution in [-0.4, -0.2) is 45.8 Å². The third-order valence-electron chi connectivity index (χ3n) is 10.2. The second-order valence-electron chi connectivity index (χ2n) is 11.8. The molecule has 8 atom stereocenters. The van der Waals surface area contributed by atoms with Crippen LogP contribution in [0.5, 0.6) is 0 Å². The van der Waals surface area contributed by atoms with E-state index < -0.39 is 11.3 Å². The highest BCUT2D eigenvalue weighted by Gasteiger charge is 2.63. The first-order valence-corrected chi connectivity index (χ1v) is 12.8. The number of methoxy groups -OCH3 is 1. The SMILES string of the molecule is COC[C@@]1(O)CC[C@@]2(F)[C@H](CC[C@H]3[C@@H]4CC[C@H](C(=C=O)Cn5cc(C#N)cn5)[C@@]4(C)CC[C@@H]32)C1. The summed E-state index contributed by atoms with van der Waals surface area (Å²) in [6, 6.07) is 2.08. The Hall–Kier alpha value is -2.00. The first-order valence-electron chi connectivity index (χ1n) is 12.8. The largest absolute Gasteiger partial charge is 0.387 e. The van der Waals surface area contributed by atoms with Gasteiger partial charge in [0.1, 0.15) is 17.7 Å². The van der Waals surface area contributed by atoms with Gasteiger partial charge in [-0.3, -0.25) is 4.68 Å². The maximum atomic E-state index is 16.7. The highest BCUT2D eigenvalue weighted by atomic mass is 19.1. The van der Waals surface area contributed by atoms with Gasteiger partial charge in [0.15, 0.2) is 0 Å². The van der Waals surface area contributed by atoms with E-state index in [1.807, 2.05) is 0 Å². The van der Waals surface area contributed by atoms with E-state index in [0.717, 1.165) is 44.1 Å². The molecule has 1 heterocycles. The van der Waals surface area contributed by atoms with Gasteiger partial charge < -0.3 is 9.84 Å². The zero-order chi connectivity index (χ0) is 24.1. The van der Waals surface area contributed by atoms with Crippen molar-refractivity contribution >= 4 is 5.94 Å². The molecule has 0 radical (unpaired) electrons. The molecular weight excluding hydrogens is 433 g/mol. The molecule has 184 valence electrons. The zero-order valence-electron chi connectivity index (χ0n) is 20.3. The minimum atomic E-state index is -1.20. The number of rotatable bonds is 5. The number of carbonyl (C=O) groups excluding carboxylic acids is 1. The monoisotopic (exact) mass is 469 g/mol. The molecule has 4 fully saturated rings. The number of nitriles is 1. The average Bonchev–Trinajstić information content (AvgIpc) is 3.42. The van der Waals surface area contributed by atoms with E-state index in [-0.39, 0.29) is 29.8 Å². The Bertz CT molecular complexity index is 1030. The quantitative estimate of drug-likeness (QED) is 0.652. The summed E-state index contributed by atoms with van der Waals surface area (Å²) in [6.45, 7) is 2.95. The summed E-state index contributed by atoms with van der Waals surface area (Å²) in [5.74, 6) is 3.04. The fraction of sp³-hybridized carbons (Fsp3) is 0.778. The van der Waals surface area contributed by atoms with Crippen molar-refractivity contribution in [2.75, 3.05) is 13.7 Å². The Morgan fingerprint density at radius 1 is 1.26 bits per heavy atom. The van der Waals surface area contributed by atoms with E-state index in [1.165, 1.54) is 6.20 Å². The molecule has 1 aromatic rings. The van der Waals surface area contributed by atoms with E-state index in [1.54, 1.807) is 18.0 Å². The number of halogens is 1.